The van der Waals surface area contributed by atoms with Gasteiger partial charge in [-0.05, 0) is 17.9 Å². The van der Waals surface area contributed by atoms with E-state index in [4.69, 9.17) is 13.9 Å². The second-order valence-corrected chi connectivity index (χ2v) is 7.74. The number of benzene rings is 1. The Morgan fingerprint density at radius 1 is 1.31 bits per heavy atom. The molecule has 152 valence electrons. The predicted molar refractivity (Wildman–Crippen MR) is 105 cm³/mol. The number of quaternary nitrogens is 1. The molecule has 1 aliphatic rings. The first-order valence-corrected chi connectivity index (χ1v) is 10.2. The molecule has 0 spiro atoms. The number of nitro groups is 1. The quantitative estimate of drug-likeness (QED) is 0.444. The fourth-order valence-corrected chi connectivity index (χ4v) is 4.06. The average Bonchev–Trinajstić information content (AvgIpc) is 3.40. The number of hydrogen-bond donors (Lipinski definition) is 1. The Balaban J connectivity index is 1.57. The minimum absolute atomic E-state index is 0.0430. The number of fused-ring (bicyclic) bond motifs is 1. The molecule has 3 heterocycles. The molecule has 1 unspecified atom stereocenters. The second-order valence-electron chi connectivity index (χ2n) is 6.79. The summed E-state index contributed by atoms with van der Waals surface area (Å²) < 4.78 is 16.8. The summed E-state index contributed by atoms with van der Waals surface area (Å²) in [6.07, 6.45) is 0.947. The maximum Gasteiger partial charge on any atom is 0.271 e. The average molecular weight is 417 g/mol. The van der Waals surface area contributed by atoms with Crippen molar-refractivity contribution in [3.05, 3.63) is 56.8 Å². The highest BCUT2D eigenvalue weighted by Crippen LogP contribution is 2.32. The minimum atomic E-state index is -0.386. The Hall–Kier alpha value is -2.82. The van der Waals surface area contributed by atoms with E-state index in [1.165, 1.54) is 6.07 Å². The van der Waals surface area contributed by atoms with E-state index in [1.807, 2.05) is 17.5 Å². The highest BCUT2D eigenvalue weighted by atomic mass is 32.1. The largest absolute Gasteiger partial charge is 0.467 e. The lowest BCUT2D eigenvalue weighted by atomic mass is 10.1. The van der Waals surface area contributed by atoms with E-state index in [0.29, 0.717) is 42.8 Å². The van der Waals surface area contributed by atoms with Crippen molar-refractivity contribution in [3.8, 4) is 16.5 Å². The summed E-state index contributed by atoms with van der Waals surface area (Å²) in [5.41, 5.74) is 1.54. The van der Waals surface area contributed by atoms with E-state index in [0.717, 1.165) is 28.3 Å². The normalized spacial score (nSPS) is 14.2. The summed E-state index contributed by atoms with van der Waals surface area (Å²) in [6, 6.07) is 6.98. The molecule has 1 aromatic carbocycles. The smallest absolute Gasteiger partial charge is 0.271 e. The van der Waals surface area contributed by atoms with Gasteiger partial charge in [0.25, 0.3) is 17.5 Å². The zero-order valence-corrected chi connectivity index (χ0v) is 16.7. The molecule has 0 aliphatic carbocycles. The van der Waals surface area contributed by atoms with Crippen LogP contribution in [0.2, 0.25) is 0 Å². The Kier molecular flexibility index (Phi) is 5.84. The molecule has 0 saturated carbocycles. The third-order valence-electron chi connectivity index (χ3n) is 4.63. The third kappa shape index (κ3) is 4.44. The number of nitrogens with zero attached hydrogens (tertiary/aromatic N) is 3. The SMILES string of the molecule is CCC[NH+](Cc1nnc(-c2cccs2)o1)Cc1cc([N+](=O)[O-])cc2c1OCOC2. The van der Waals surface area contributed by atoms with Crippen molar-refractivity contribution in [2.24, 2.45) is 0 Å². The Morgan fingerprint density at radius 3 is 2.97 bits per heavy atom. The van der Waals surface area contributed by atoms with Crippen LogP contribution in [0, 0.1) is 10.1 Å². The number of rotatable bonds is 8. The number of thiophene rings is 1. The van der Waals surface area contributed by atoms with Crippen molar-refractivity contribution < 1.29 is 23.7 Å². The van der Waals surface area contributed by atoms with Crippen LogP contribution in [0.25, 0.3) is 10.8 Å². The van der Waals surface area contributed by atoms with Crippen molar-refractivity contribution in [2.75, 3.05) is 13.3 Å². The first-order valence-electron chi connectivity index (χ1n) is 9.34. The monoisotopic (exact) mass is 417 g/mol. The highest BCUT2D eigenvalue weighted by Gasteiger charge is 2.24. The number of aromatic nitrogens is 2. The second kappa shape index (κ2) is 8.68. The summed E-state index contributed by atoms with van der Waals surface area (Å²) in [5, 5.41) is 21.6. The number of hydrogen-bond acceptors (Lipinski definition) is 8. The molecule has 0 bridgehead atoms. The molecule has 29 heavy (non-hydrogen) atoms. The van der Waals surface area contributed by atoms with Gasteiger partial charge in [-0.3, -0.25) is 10.1 Å². The maximum absolute atomic E-state index is 11.3. The molecule has 1 atom stereocenters. The Morgan fingerprint density at radius 2 is 2.21 bits per heavy atom. The number of nitro benzene ring substituents is 1. The molecule has 1 N–H and O–H groups in total. The van der Waals surface area contributed by atoms with Crippen LogP contribution in [0.15, 0.2) is 34.1 Å². The van der Waals surface area contributed by atoms with Crippen molar-refractivity contribution >= 4 is 17.0 Å². The van der Waals surface area contributed by atoms with Gasteiger partial charge in [0.1, 0.15) is 12.3 Å². The fraction of sp³-hybridized carbons (Fsp3) is 0.368. The highest BCUT2D eigenvalue weighted by molar-refractivity contribution is 7.13. The molecule has 0 saturated heterocycles. The summed E-state index contributed by atoms with van der Waals surface area (Å²) in [4.78, 5) is 13.0. The van der Waals surface area contributed by atoms with E-state index in [1.54, 1.807) is 17.4 Å². The van der Waals surface area contributed by atoms with E-state index >= 15 is 0 Å². The Labute approximate surface area is 171 Å². The van der Waals surface area contributed by atoms with Crippen LogP contribution in [0.3, 0.4) is 0 Å². The van der Waals surface area contributed by atoms with Crippen molar-refractivity contribution in [1.82, 2.24) is 10.2 Å². The van der Waals surface area contributed by atoms with Gasteiger partial charge in [0, 0.05) is 17.7 Å². The Bertz CT molecular complexity index is 989. The van der Waals surface area contributed by atoms with E-state index < -0.39 is 0 Å². The first kappa shape index (κ1) is 19.5. The third-order valence-corrected chi connectivity index (χ3v) is 5.48. The van der Waals surface area contributed by atoms with Gasteiger partial charge in [-0.1, -0.05) is 13.0 Å². The minimum Gasteiger partial charge on any atom is -0.467 e. The van der Waals surface area contributed by atoms with Crippen LogP contribution in [0.5, 0.6) is 5.75 Å². The van der Waals surface area contributed by atoms with E-state index in [2.05, 4.69) is 17.1 Å². The maximum atomic E-state index is 11.3. The van der Waals surface area contributed by atoms with Crippen LogP contribution in [0.1, 0.15) is 30.4 Å². The molecule has 0 radical (unpaired) electrons. The predicted octanol–water partition coefficient (Wildman–Crippen LogP) is 2.57. The lowest BCUT2D eigenvalue weighted by molar-refractivity contribution is -0.928. The van der Waals surface area contributed by atoms with Crippen LogP contribution in [-0.4, -0.2) is 28.5 Å². The molecule has 1 aliphatic heterocycles. The zero-order chi connectivity index (χ0) is 20.2. The summed E-state index contributed by atoms with van der Waals surface area (Å²) in [5.74, 6) is 1.74. The summed E-state index contributed by atoms with van der Waals surface area (Å²) in [6.45, 7) is 4.48. The topological polar surface area (TPSA) is 105 Å². The van der Waals surface area contributed by atoms with Crippen molar-refractivity contribution in [1.29, 1.82) is 0 Å². The molecule has 3 aromatic rings. The molecule has 4 rings (SSSR count). The van der Waals surface area contributed by atoms with Crippen molar-refractivity contribution in [3.63, 3.8) is 0 Å². The molecule has 0 fully saturated rings. The van der Waals surface area contributed by atoms with Crippen molar-refractivity contribution in [2.45, 2.75) is 33.0 Å². The molecular formula is C19H21N4O5S+. The van der Waals surface area contributed by atoms with E-state index in [9.17, 15) is 10.1 Å². The molecule has 10 heteroatoms. The first-order chi connectivity index (χ1) is 14.1. The molecule has 9 nitrogen and oxygen atoms in total. The zero-order valence-electron chi connectivity index (χ0n) is 15.9. The van der Waals surface area contributed by atoms with Gasteiger partial charge >= 0.3 is 0 Å². The van der Waals surface area contributed by atoms with Gasteiger partial charge in [0.15, 0.2) is 13.3 Å². The van der Waals surface area contributed by atoms with Crippen LogP contribution in [0.4, 0.5) is 5.69 Å². The molecule has 2 aromatic heterocycles. The van der Waals surface area contributed by atoms with Gasteiger partial charge < -0.3 is 18.8 Å². The molecule has 0 amide bonds. The number of nitrogens with one attached hydrogen (secondary N) is 1. The van der Waals surface area contributed by atoms with Gasteiger partial charge in [-0.15, -0.1) is 21.5 Å². The standard InChI is InChI=1S/C19H20N4O5S/c1-2-5-22(10-17-20-21-19(28-17)16-4-3-6-29-16)9-13-7-15(23(24)25)8-14-11-26-12-27-18(13)14/h3-4,6-8H,2,5,9-12H2,1H3/p+1. The van der Waals surface area contributed by atoms with Gasteiger partial charge in [-0.2, -0.15) is 0 Å². The van der Waals surface area contributed by atoms with Crippen LogP contribution < -0.4 is 9.64 Å². The number of ether oxygens (including phenoxy) is 2. The summed E-state index contributed by atoms with van der Waals surface area (Å²) >= 11 is 1.55. The lowest BCUT2D eigenvalue weighted by Crippen LogP contribution is -3.09. The van der Waals surface area contributed by atoms with Gasteiger partial charge in [0.05, 0.1) is 28.5 Å². The van der Waals surface area contributed by atoms with Crippen LogP contribution >= 0.6 is 11.3 Å². The van der Waals surface area contributed by atoms with Crippen LogP contribution in [-0.2, 0) is 24.4 Å². The number of non-ortho nitro benzene ring substituents is 1. The lowest BCUT2D eigenvalue weighted by Gasteiger charge is -2.23. The van der Waals surface area contributed by atoms with Gasteiger partial charge in [0.2, 0.25) is 0 Å². The fourth-order valence-electron chi connectivity index (χ4n) is 3.42. The van der Waals surface area contributed by atoms with Gasteiger partial charge in [-0.25, -0.2) is 0 Å². The molecular weight excluding hydrogens is 396 g/mol. The summed E-state index contributed by atoms with van der Waals surface area (Å²) in [7, 11) is 0. The van der Waals surface area contributed by atoms with E-state index in [-0.39, 0.29) is 17.4 Å².